The molecule has 0 saturated carbocycles. The van der Waals surface area contributed by atoms with Gasteiger partial charge in [-0.05, 0) is 51.1 Å². The van der Waals surface area contributed by atoms with Crippen LogP contribution in [0.4, 0.5) is 8.78 Å². The molecule has 7 heteroatoms. The summed E-state index contributed by atoms with van der Waals surface area (Å²) in [4.78, 5) is 0. The van der Waals surface area contributed by atoms with Gasteiger partial charge in [0.2, 0.25) is 0 Å². The molecule has 4 nitrogen and oxygen atoms in total. The summed E-state index contributed by atoms with van der Waals surface area (Å²) < 4.78 is 48.4. The normalized spacial score (nSPS) is 13.6. The van der Waals surface area contributed by atoms with Crippen LogP contribution < -0.4 is 4.74 Å². The lowest BCUT2D eigenvalue weighted by molar-refractivity contribution is 0.386. The molecule has 0 heterocycles. The molecule has 0 aromatic heterocycles. The van der Waals surface area contributed by atoms with E-state index in [2.05, 4.69) is 4.40 Å². The summed E-state index contributed by atoms with van der Waals surface area (Å²) in [5.74, 6) is -1.55. The van der Waals surface area contributed by atoms with E-state index in [1.54, 1.807) is 20.8 Å². The molecule has 1 unspecified atom stereocenters. The van der Waals surface area contributed by atoms with Crippen molar-refractivity contribution in [1.29, 1.82) is 0 Å². The molecule has 134 valence electrons. The Balaban J connectivity index is 2.66. The zero-order valence-electron chi connectivity index (χ0n) is 14.3. The molecule has 1 N–H and O–H groups in total. The van der Waals surface area contributed by atoms with Crippen LogP contribution in [0.25, 0.3) is 0 Å². The fourth-order valence-electron chi connectivity index (χ4n) is 2.01. The third kappa shape index (κ3) is 4.70. The second-order valence-electron chi connectivity index (χ2n) is 6.35. The van der Waals surface area contributed by atoms with E-state index in [4.69, 9.17) is 4.74 Å². The van der Waals surface area contributed by atoms with Gasteiger partial charge in [-0.2, -0.15) is 0 Å². The van der Waals surface area contributed by atoms with Gasteiger partial charge in [0.05, 0.1) is 7.11 Å². The minimum atomic E-state index is -1.65. The van der Waals surface area contributed by atoms with E-state index in [0.29, 0.717) is 5.56 Å². The average molecular weight is 367 g/mol. The first kappa shape index (κ1) is 19.2. The van der Waals surface area contributed by atoms with E-state index in [0.717, 1.165) is 12.1 Å². The molecular weight excluding hydrogens is 348 g/mol. The van der Waals surface area contributed by atoms with Crippen molar-refractivity contribution in [3.8, 4) is 11.5 Å². The SMILES string of the molecule is COc1cc(C(=N[S+]([O-])C(C)(C)C)c2cc(O)cc(F)c2)ccc1F. The molecule has 25 heavy (non-hydrogen) atoms. The Hall–Kier alpha value is -2.12. The van der Waals surface area contributed by atoms with Gasteiger partial charge in [0.25, 0.3) is 0 Å². The highest BCUT2D eigenvalue weighted by Crippen LogP contribution is 2.26. The van der Waals surface area contributed by atoms with Gasteiger partial charge in [-0.3, -0.25) is 0 Å². The third-order valence-corrected chi connectivity index (χ3v) is 4.67. The molecule has 2 rings (SSSR count). The van der Waals surface area contributed by atoms with Crippen LogP contribution in [0.2, 0.25) is 0 Å². The number of aromatic hydroxyl groups is 1. The number of nitrogens with zero attached hydrogens (tertiary/aromatic N) is 1. The molecule has 0 aliphatic rings. The molecule has 2 aromatic carbocycles. The molecule has 0 bridgehead atoms. The van der Waals surface area contributed by atoms with Gasteiger partial charge in [-0.25, -0.2) is 8.78 Å². The van der Waals surface area contributed by atoms with Crippen LogP contribution in [0.1, 0.15) is 31.9 Å². The highest BCUT2D eigenvalue weighted by atomic mass is 32.2. The summed E-state index contributed by atoms with van der Waals surface area (Å²) >= 11 is -1.65. The summed E-state index contributed by atoms with van der Waals surface area (Å²) in [5, 5.41) is 9.67. The lowest BCUT2D eigenvalue weighted by Crippen LogP contribution is -2.27. The monoisotopic (exact) mass is 367 g/mol. The molecule has 0 aliphatic heterocycles. The number of halogens is 2. The smallest absolute Gasteiger partial charge is 0.165 e. The minimum Gasteiger partial charge on any atom is -0.591 e. The van der Waals surface area contributed by atoms with Crippen molar-refractivity contribution < 1.29 is 23.2 Å². The van der Waals surface area contributed by atoms with Crippen LogP contribution in [-0.4, -0.2) is 27.2 Å². The topological polar surface area (TPSA) is 64.9 Å². The predicted octanol–water partition coefficient (Wildman–Crippen LogP) is 3.98. The number of rotatable bonds is 4. The van der Waals surface area contributed by atoms with Crippen molar-refractivity contribution in [3.63, 3.8) is 0 Å². The second-order valence-corrected chi connectivity index (χ2v) is 8.25. The molecule has 0 aliphatic carbocycles. The van der Waals surface area contributed by atoms with Gasteiger partial charge >= 0.3 is 0 Å². The number of phenolic OH excluding ortho intramolecular Hbond substituents is 1. The Labute approximate surface area is 148 Å². The zero-order valence-corrected chi connectivity index (χ0v) is 15.2. The van der Waals surface area contributed by atoms with Gasteiger partial charge in [0.15, 0.2) is 11.6 Å². The third-order valence-electron chi connectivity index (χ3n) is 3.28. The summed E-state index contributed by atoms with van der Waals surface area (Å²) in [5.41, 5.74) is 0.783. The molecule has 0 radical (unpaired) electrons. The Kier molecular flexibility index (Phi) is 5.69. The summed E-state index contributed by atoms with van der Waals surface area (Å²) in [7, 11) is 1.32. The van der Waals surface area contributed by atoms with Crippen LogP contribution in [-0.2, 0) is 11.4 Å². The van der Waals surface area contributed by atoms with Crippen molar-refractivity contribution in [1.82, 2.24) is 0 Å². The molecular formula is C18H19F2NO3S. The molecule has 0 spiro atoms. The Morgan fingerprint density at radius 1 is 1.12 bits per heavy atom. The van der Waals surface area contributed by atoms with Gasteiger partial charge in [-0.15, -0.1) is 0 Å². The van der Waals surface area contributed by atoms with Crippen molar-refractivity contribution in [2.45, 2.75) is 25.5 Å². The van der Waals surface area contributed by atoms with Crippen LogP contribution in [0.3, 0.4) is 0 Å². The van der Waals surface area contributed by atoms with E-state index in [1.807, 2.05) is 0 Å². The number of ether oxygens (including phenoxy) is 1. The maximum absolute atomic E-state index is 13.7. The van der Waals surface area contributed by atoms with Crippen LogP contribution in [0.5, 0.6) is 11.5 Å². The van der Waals surface area contributed by atoms with Gasteiger partial charge in [0, 0.05) is 17.2 Å². The second kappa shape index (κ2) is 7.41. The van der Waals surface area contributed by atoms with Crippen LogP contribution >= 0.6 is 0 Å². The molecule has 0 amide bonds. The first-order chi connectivity index (χ1) is 11.6. The summed E-state index contributed by atoms with van der Waals surface area (Å²) in [6, 6.07) is 7.41. The number of hydrogen-bond acceptors (Lipinski definition) is 4. The van der Waals surface area contributed by atoms with Gasteiger partial charge in [-0.1, -0.05) is 4.40 Å². The van der Waals surface area contributed by atoms with E-state index < -0.39 is 27.7 Å². The molecule has 1 atom stereocenters. The van der Waals surface area contributed by atoms with E-state index in [1.165, 1.54) is 31.4 Å². The lowest BCUT2D eigenvalue weighted by atomic mass is 10.0. The summed E-state index contributed by atoms with van der Waals surface area (Å²) in [6.07, 6.45) is 0. The highest BCUT2D eigenvalue weighted by Gasteiger charge is 2.28. The van der Waals surface area contributed by atoms with E-state index >= 15 is 0 Å². The Morgan fingerprint density at radius 2 is 1.80 bits per heavy atom. The molecule has 0 saturated heterocycles. The highest BCUT2D eigenvalue weighted by molar-refractivity contribution is 7.91. The Morgan fingerprint density at radius 3 is 2.36 bits per heavy atom. The van der Waals surface area contributed by atoms with Gasteiger partial charge < -0.3 is 14.4 Å². The molecule has 0 fully saturated rings. The number of benzene rings is 2. The standard InChI is InChI=1S/C18H19F2NO3S/c1-18(2,3)25(23)21-17(12-7-13(19)10-14(22)8-12)11-5-6-15(20)16(9-11)24-4/h5-10,22H,1-4H3. The van der Waals surface area contributed by atoms with Crippen molar-refractivity contribution in [2.75, 3.05) is 7.11 Å². The Bertz CT molecular complexity index is 783. The van der Waals surface area contributed by atoms with Crippen molar-refractivity contribution in [3.05, 3.63) is 59.2 Å². The fraction of sp³-hybridized carbons (Fsp3) is 0.278. The van der Waals surface area contributed by atoms with Crippen molar-refractivity contribution in [2.24, 2.45) is 4.40 Å². The number of hydrogen-bond donors (Lipinski definition) is 1. The van der Waals surface area contributed by atoms with Gasteiger partial charge in [0.1, 0.15) is 33.4 Å². The van der Waals surface area contributed by atoms with E-state index in [9.17, 15) is 18.4 Å². The first-order valence-electron chi connectivity index (χ1n) is 7.46. The lowest BCUT2D eigenvalue weighted by Gasteiger charge is -2.20. The molecule has 2 aromatic rings. The first-order valence-corrected chi connectivity index (χ1v) is 8.57. The van der Waals surface area contributed by atoms with E-state index in [-0.39, 0.29) is 22.8 Å². The maximum Gasteiger partial charge on any atom is 0.165 e. The fourth-order valence-corrected chi connectivity index (χ4v) is 2.66. The number of methoxy groups -OCH3 is 1. The largest absolute Gasteiger partial charge is 0.591 e. The van der Waals surface area contributed by atoms with Crippen molar-refractivity contribution >= 4 is 17.1 Å². The minimum absolute atomic E-state index is 0.0210. The maximum atomic E-state index is 13.7. The summed E-state index contributed by atoms with van der Waals surface area (Å²) in [6.45, 7) is 5.25. The van der Waals surface area contributed by atoms with Crippen LogP contribution in [0.15, 0.2) is 40.8 Å². The predicted molar refractivity (Wildman–Crippen MR) is 94.6 cm³/mol. The quantitative estimate of drug-likeness (QED) is 0.657. The number of phenols is 1. The zero-order chi connectivity index (χ0) is 18.8. The average Bonchev–Trinajstić information content (AvgIpc) is 2.51. The van der Waals surface area contributed by atoms with Crippen LogP contribution in [0, 0.1) is 11.6 Å².